The largest absolute Gasteiger partial charge is 0.481 e. The fraction of sp³-hybridized carbons (Fsp3) is 0.333. The molecule has 1 N–H and O–H groups in total. The maximum atomic E-state index is 12.6. The second-order valence-corrected chi connectivity index (χ2v) is 6.53. The van der Waals surface area contributed by atoms with Crippen LogP contribution in [0.2, 0.25) is 0 Å². The van der Waals surface area contributed by atoms with Crippen molar-refractivity contribution >= 4 is 11.9 Å². The molecule has 2 atom stereocenters. The van der Waals surface area contributed by atoms with Gasteiger partial charge in [-0.25, -0.2) is 0 Å². The smallest absolute Gasteiger partial charge is 0.306 e. The van der Waals surface area contributed by atoms with Crippen LogP contribution in [-0.2, 0) is 14.3 Å². The lowest BCUT2D eigenvalue weighted by Gasteiger charge is -2.33. The van der Waals surface area contributed by atoms with Crippen LogP contribution in [-0.4, -0.2) is 53.8 Å². The Labute approximate surface area is 158 Å². The van der Waals surface area contributed by atoms with Gasteiger partial charge in [0.05, 0.1) is 19.1 Å². The number of carbonyl (C=O) groups is 2. The summed E-state index contributed by atoms with van der Waals surface area (Å²) in [5, 5.41) is 8.89. The number of rotatable bonds is 6. The summed E-state index contributed by atoms with van der Waals surface area (Å²) in [6.45, 7) is 2.75. The van der Waals surface area contributed by atoms with E-state index in [2.05, 4.69) is 0 Å². The van der Waals surface area contributed by atoms with E-state index in [9.17, 15) is 9.59 Å². The van der Waals surface area contributed by atoms with E-state index in [1.165, 1.54) is 0 Å². The summed E-state index contributed by atoms with van der Waals surface area (Å²) in [5.74, 6) is -0.483. The van der Waals surface area contributed by atoms with E-state index in [0.29, 0.717) is 18.9 Å². The van der Waals surface area contributed by atoms with E-state index in [0.717, 1.165) is 11.1 Å². The average Bonchev–Trinajstić information content (AvgIpc) is 2.68. The van der Waals surface area contributed by atoms with E-state index < -0.39 is 18.2 Å². The summed E-state index contributed by atoms with van der Waals surface area (Å²) >= 11 is 0. The Morgan fingerprint density at radius 1 is 1.15 bits per heavy atom. The van der Waals surface area contributed by atoms with Crippen molar-refractivity contribution in [1.29, 1.82) is 0 Å². The zero-order valence-corrected chi connectivity index (χ0v) is 15.2. The molecule has 27 heavy (non-hydrogen) atoms. The SMILES string of the molecule is CC(Oc1ccc(-c2ccccc2)cc1)C(=O)N1CCOC(CC(=O)O)C1. The second-order valence-electron chi connectivity index (χ2n) is 6.53. The number of hydrogen-bond donors (Lipinski definition) is 1. The molecule has 1 aliphatic rings. The molecular formula is C21H23NO5. The standard InChI is InChI=1S/C21H23NO5/c1-15(21(25)22-11-12-26-19(14-22)13-20(23)24)27-18-9-7-17(8-10-18)16-5-3-2-4-6-16/h2-10,15,19H,11-14H2,1H3,(H,23,24). The summed E-state index contributed by atoms with van der Waals surface area (Å²) in [6, 6.07) is 17.6. The van der Waals surface area contributed by atoms with E-state index in [-0.39, 0.29) is 18.9 Å². The van der Waals surface area contributed by atoms with Gasteiger partial charge in [-0.1, -0.05) is 42.5 Å². The first-order valence-corrected chi connectivity index (χ1v) is 8.97. The summed E-state index contributed by atoms with van der Waals surface area (Å²) in [7, 11) is 0. The molecule has 1 saturated heterocycles. The molecule has 0 spiro atoms. The molecule has 0 radical (unpaired) electrons. The third-order valence-corrected chi connectivity index (χ3v) is 4.47. The maximum absolute atomic E-state index is 12.6. The first kappa shape index (κ1) is 18.9. The fourth-order valence-electron chi connectivity index (χ4n) is 3.11. The Morgan fingerprint density at radius 3 is 2.48 bits per heavy atom. The van der Waals surface area contributed by atoms with Gasteiger partial charge in [0.15, 0.2) is 6.10 Å². The van der Waals surface area contributed by atoms with E-state index in [4.69, 9.17) is 14.6 Å². The number of benzene rings is 2. The van der Waals surface area contributed by atoms with Gasteiger partial charge in [-0.05, 0) is 30.2 Å². The molecule has 0 aromatic heterocycles. The van der Waals surface area contributed by atoms with Crippen molar-refractivity contribution < 1.29 is 24.2 Å². The van der Waals surface area contributed by atoms with Gasteiger partial charge in [0.2, 0.25) is 0 Å². The number of carboxylic acids is 1. The molecule has 6 heteroatoms. The molecule has 1 aliphatic heterocycles. The molecule has 1 fully saturated rings. The lowest BCUT2D eigenvalue weighted by Crippen LogP contribution is -2.50. The second kappa shape index (κ2) is 8.68. The number of hydrogen-bond acceptors (Lipinski definition) is 4. The highest BCUT2D eigenvalue weighted by Gasteiger charge is 2.29. The topological polar surface area (TPSA) is 76.1 Å². The van der Waals surface area contributed by atoms with Gasteiger partial charge in [0.1, 0.15) is 5.75 Å². The molecule has 2 unspecified atom stereocenters. The van der Waals surface area contributed by atoms with Gasteiger partial charge in [0, 0.05) is 13.1 Å². The highest BCUT2D eigenvalue weighted by atomic mass is 16.5. The van der Waals surface area contributed by atoms with Crippen molar-refractivity contribution in [3.05, 3.63) is 54.6 Å². The predicted octanol–water partition coefficient (Wildman–Crippen LogP) is 2.82. The molecule has 0 aliphatic carbocycles. The number of amides is 1. The summed E-state index contributed by atoms with van der Waals surface area (Å²) in [5.41, 5.74) is 2.19. The third kappa shape index (κ3) is 5.08. The predicted molar refractivity (Wildman–Crippen MR) is 101 cm³/mol. The molecule has 142 valence electrons. The van der Waals surface area contributed by atoms with Crippen molar-refractivity contribution in [2.75, 3.05) is 19.7 Å². The van der Waals surface area contributed by atoms with Crippen LogP contribution in [0.5, 0.6) is 5.75 Å². The van der Waals surface area contributed by atoms with Gasteiger partial charge in [-0.15, -0.1) is 0 Å². The van der Waals surface area contributed by atoms with E-state index in [1.54, 1.807) is 11.8 Å². The Balaban J connectivity index is 1.58. The highest BCUT2D eigenvalue weighted by molar-refractivity contribution is 5.81. The molecule has 1 heterocycles. The Morgan fingerprint density at radius 2 is 1.81 bits per heavy atom. The van der Waals surface area contributed by atoms with E-state index in [1.807, 2.05) is 54.6 Å². The molecule has 0 bridgehead atoms. The minimum Gasteiger partial charge on any atom is -0.481 e. The number of aliphatic carboxylic acids is 1. The molecule has 2 aromatic carbocycles. The van der Waals surface area contributed by atoms with Crippen molar-refractivity contribution in [3.8, 4) is 16.9 Å². The van der Waals surface area contributed by atoms with Crippen LogP contribution in [0.1, 0.15) is 13.3 Å². The van der Waals surface area contributed by atoms with Crippen LogP contribution in [0.3, 0.4) is 0 Å². The average molecular weight is 369 g/mol. The van der Waals surface area contributed by atoms with Crippen LogP contribution in [0.25, 0.3) is 11.1 Å². The zero-order chi connectivity index (χ0) is 19.2. The van der Waals surface area contributed by atoms with Crippen molar-refractivity contribution in [1.82, 2.24) is 4.90 Å². The summed E-state index contributed by atoms with van der Waals surface area (Å²) < 4.78 is 11.2. The summed E-state index contributed by atoms with van der Waals surface area (Å²) in [4.78, 5) is 25.1. The first-order valence-electron chi connectivity index (χ1n) is 8.97. The molecule has 3 rings (SSSR count). The van der Waals surface area contributed by atoms with Crippen molar-refractivity contribution in [3.63, 3.8) is 0 Å². The normalized spacial score (nSPS) is 18.0. The number of carbonyl (C=O) groups excluding carboxylic acids is 1. The monoisotopic (exact) mass is 369 g/mol. The molecule has 1 amide bonds. The van der Waals surface area contributed by atoms with Crippen molar-refractivity contribution in [2.24, 2.45) is 0 Å². The van der Waals surface area contributed by atoms with Gasteiger partial charge < -0.3 is 19.5 Å². The Kier molecular flexibility index (Phi) is 6.08. The molecular weight excluding hydrogens is 346 g/mol. The summed E-state index contributed by atoms with van der Waals surface area (Å²) in [6.07, 6.45) is -1.24. The zero-order valence-electron chi connectivity index (χ0n) is 15.2. The number of nitrogens with zero attached hydrogens (tertiary/aromatic N) is 1. The van der Waals surface area contributed by atoms with Crippen LogP contribution in [0.4, 0.5) is 0 Å². The third-order valence-electron chi connectivity index (χ3n) is 4.47. The maximum Gasteiger partial charge on any atom is 0.306 e. The van der Waals surface area contributed by atoms with Crippen molar-refractivity contribution in [2.45, 2.75) is 25.6 Å². The number of carboxylic acid groups (broad SMARTS) is 1. The van der Waals surface area contributed by atoms with Crippen LogP contribution in [0, 0.1) is 0 Å². The van der Waals surface area contributed by atoms with Crippen LogP contribution >= 0.6 is 0 Å². The lowest BCUT2D eigenvalue weighted by molar-refractivity contribution is -0.151. The molecule has 6 nitrogen and oxygen atoms in total. The van der Waals surface area contributed by atoms with Crippen LogP contribution < -0.4 is 4.74 Å². The van der Waals surface area contributed by atoms with Gasteiger partial charge in [0.25, 0.3) is 5.91 Å². The van der Waals surface area contributed by atoms with Gasteiger partial charge in [-0.3, -0.25) is 9.59 Å². The first-order chi connectivity index (χ1) is 13.0. The van der Waals surface area contributed by atoms with Gasteiger partial charge in [-0.2, -0.15) is 0 Å². The quantitative estimate of drug-likeness (QED) is 0.847. The Bertz CT molecular complexity index is 775. The molecule has 0 saturated carbocycles. The minimum atomic E-state index is -0.933. The van der Waals surface area contributed by atoms with Crippen LogP contribution in [0.15, 0.2) is 54.6 Å². The Hall–Kier alpha value is -2.86. The molecule has 2 aromatic rings. The van der Waals surface area contributed by atoms with Gasteiger partial charge >= 0.3 is 5.97 Å². The highest BCUT2D eigenvalue weighted by Crippen LogP contribution is 2.23. The minimum absolute atomic E-state index is 0.111. The number of morpholine rings is 1. The number of ether oxygens (including phenoxy) is 2. The van der Waals surface area contributed by atoms with E-state index >= 15 is 0 Å². The lowest BCUT2D eigenvalue weighted by atomic mass is 10.1. The fourth-order valence-corrected chi connectivity index (χ4v) is 3.11.